The lowest BCUT2D eigenvalue weighted by molar-refractivity contribution is 0.561. The topological polar surface area (TPSA) is 24.9 Å². The van der Waals surface area contributed by atoms with E-state index in [1.807, 2.05) is 30.3 Å². The Morgan fingerprint density at radius 3 is 2.78 bits per heavy atom. The first kappa shape index (κ1) is 13.3. The number of hydrogen-bond acceptors (Lipinski definition) is 2. The molecule has 0 amide bonds. The van der Waals surface area contributed by atoms with E-state index in [0.29, 0.717) is 11.6 Å². The molecule has 1 N–H and O–H groups in total. The standard InChI is InChI=1S/C14H14Cl2N2/c1-10(14-4-2-3-7-17-14)18-9-11-8-12(15)5-6-13(11)16/h2-8,10,18H,9H2,1H3/t10-/m1/s1. The predicted octanol–water partition coefficient (Wildman–Crippen LogP) is 4.24. The quantitative estimate of drug-likeness (QED) is 0.906. The summed E-state index contributed by atoms with van der Waals surface area (Å²) in [5.41, 5.74) is 2.00. The Labute approximate surface area is 117 Å². The zero-order valence-electron chi connectivity index (χ0n) is 10.0. The van der Waals surface area contributed by atoms with Crippen LogP contribution in [0.1, 0.15) is 24.2 Å². The number of aromatic nitrogens is 1. The van der Waals surface area contributed by atoms with E-state index in [4.69, 9.17) is 23.2 Å². The van der Waals surface area contributed by atoms with Gasteiger partial charge in [-0.3, -0.25) is 4.98 Å². The summed E-state index contributed by atoms with van der Waals surface area (Å²) in [5, 5.41) is 4.80. The highest BCUT2D eigenvalue weighted by Crippen LogP contribution is 2.21. The minimum absolute atomic E-state index is 0.168. The van der Waals surface area contributed by atoms with Crippen LogP contribution in [-0.2, 0) is 6.54 Å². The molecule has 0 radical (unpaired) electrons. The number of nitrogens with one attached hydrogen (secondary N) is 1. The van der Waals surface area contributed by atoms with Crippen LogP contribution in [0.2, 0.25) is 10.0 Å². The van der Waals surface area contributed by atoms with Crippen LogP contribution in [0.15, 0.2) is 42.6 Å². The fraction of sp³-hybridized carbons (Fsp3) is 0.214. The molecule has 0 saturated carbocycles. The van der Waals surface area contributed by atoms with Gasteiger partial charge in [0, 0.05) is 28.8 Å². The molecule has 2 aromatic rings. The maximum atomic E-state index is 6.11. The van der Waals surface area contributed by atoms with Crippen molar-refractivity contribution in [3.63, 3.8) is 0 Å². The SMILES string of the molecule is C[C@@H](NCc1cc(Cl)ccc1Cl)c1ccccn1. The van der Waals surface area contributed by atoms with Crippen LogP contribution in [0.4, 0.5) is 0 Å². The van der Waals surface area contributed by atoms with E-state index in [-0.39, 0.29) is 6.04 Å². The van der Waals surface area contributed by atoms with Gasteiger partial charge in [-0.1, -0.05) is 29.3 Å². The molecule has 0 saturated heterocycles. The molecule has 1 atom stereocenters. The summed E-state index contributed by atoms with van der Waals surface area (Å²) in [7, 11) is 0. The molecule has 0 unspecified atom stereocenters. The Morgan fingerprint density at radius 2 is 2.06 bits per heavy atom. The molecule has 1 heterocycles. The van der Waals surface area contributed by atoms with Gasteiger partial charge < -0.3 is 5.32 Å². The number of rotatable bonds is 4. The highest BCUT2D eigenvalue weighted by Gasteiger charge is 2.07. The third-order valence-electron chi connectivity index (χ3n) is 2.74. The molecule has 18 heavy (non-hydrogen) atoms. The fourth-order valence-corrected chi connectivity index (χ4v) is 2.06. The summed E-state index contributed by atoms with van der Waals surface area (Å²) < 4.78 is 0. The Balaban J connectivity index is 2.01. The van der Waals surface area contributed by atoms with Gasteiger partial charge in [-0.25, -0.2) is 0 Å². The van der Waals surface area contributed by atoms with Gasteiger partial charge in [0.2, 0.25) is 0 Å². The molecule has 0 aliphatic heterocycles. The highest BCUT2D eigenvalue weighted by atomic mass is 35.5. The van der Waals surface area contributed by atoms with Crippen LogP contribution < -0.4 is 5.32 Å². The lowest BCUT2D eigenvalue weighted by Gasteiger charge is -2.14. The maximum absolute atomic E-state index is 6.11. The number of halogens is 2. The maximum Gasteiger partial charge on any atom is 0.0570 e. The molecular weight excluding hydrogens is 267 g/mol. The van der Waals surface area contributed by atoms with Crippen molar-refractivity contribution in [2.75, 3.05) is 0 Å². The van der Waals surface area contributed by atoms with Crippen molar-refractivity contribution >= 4 is 23.2 Å². The van der Waals surface area contributed by atoms with E-state index >= 15 is 0 Å². The van der Waals surface area contributed by atoms with E-state index in [2.05, 4.69) is 17.2 Å². The molecule has 1 aromatic heterocycles. The Hall–Kier alpha value is -1.09. The summed E-state index contributed by atoms with van der Waals surface area (Å²) in [5.74, 6) is 0. The Bertz CT molecular complexity index is 514. The number of pyridine rings is 1. The van der Waals surface area contributed by atoms with Crippen molar-refractivity contribution in [3.05, 3.63) is 63.9 Å². The third kappa shape index (κ3) is 3.45. The Kier molecular flexibility index (Phi) is 4.59. The van der Waals surface area contributed by atoms with Crippen molar-refractivity contribution in [1.82, 2.24) is 10.3 Å². The zero-order chi connectivity index (χ0) is 13.0. The van der Waals surface area contributed by atoms with Crippen LogP contribution in [0, 0.1) is 0 Å². The molecule has 0 aliphatic rings. The van der Waals surface area contributed by atoms with Crippen LogP contribution in [0.5, 0.6) is 0 Å². The largest absolute Gasteiger partial charge is 0.305 e. The summed E-state index contributed by atoms with van der Waals surface area (Å²) in [6.07, 6.45) is 1.79. The van der Waals surface area contributed by atoms with Gasteiger partial charge in [-0.2, -0.15) is 0 Å². The molecule has 0 aliphatic carbocycles. The highest BCUT2D eigenvalue weighted by molar-refractivity contribution is 6.33. The van der Waals surface area contributed by atoms with Crippen molar-refractivity contribution in [3.8, 4) is 0 Å². The second-order valence-corrected chi connectivity index (χ2v) is 4.94. The molecule has 0 spiro atoms. The third-order valence-corrected chi connectivity index (χ3v) is 3.34. The predicted molar refractivity (Wildman–Crippen MR) is 76.0 cm³/mol. The molecule has 0 bridgehead atoms. The van der Waals surface area contributed by atoms with Crippen molar-refractivity contribution in [2.24, 2.45) is 0 Å². The zero-order valence-corrected chi connectivity index (χ0v) is 11.5. The van der Waals surface area contributed by atoms with Gasteiger partial charge in [-0.15, -0.1) is 0 Å². The van der Waals surface area contributed by atoms with Gasteiger partial charge >= 0.3 is 0 Å². The van der Waals surface area contributed by atoms with Gasteiger partial charge in [0.05, 0.1) is 5.69 Å². The monoisotopic (exact) mass is 280 g/mol. The molecule has 4 heteroatoms. The summed E-state index contributed by atoms with van der Waals surface area (Å²) in [4.78, 5) is 4.31. The second-order valence-electron chi connectivity index (χ2n) is 4.09. The van der Waals surface area contributed by atoms with Crippen LogP contribution in [0.25, 0.3) is 0 Å². The van der Waals surface area contributed by atoms with Crippen molar-refractivity contribution in [1.29, 1.82) is 0 Å². The lowest BCUT2D eigenvalue weighted by Crippen LogP contribution is -2.19. The molecular formula is C14H14Cl2N2. The Morgan fingerprint density at radius 1 is 1.22 bits per heavy atom. The number of benzene rings is 1. The minimum Gasteiger partial charge on any atom is -0.305 e. The molecule has 2 rings (SSSR count). The average molecular weight is 281 g/mol. The number of nitrogens with zero attached hydrogens (tertiary/aromatic N) is 1. The average Bonchev–Trinajstić information content (AvgIpc) is 2.40. The smallest absolute Gasteiger partial charge is 0.0570 e. The molecule has 2 nitrogen and oxygen atoms in total. The van der Waals surface area contributed by atoms with Gasteiger partial charge in [0.25, 0.3) is 0 Å². The molecule has 1 aromatic carbocycles. The minimum atomic E-state index is 0.168. The van der Waals surface area contributed by atoms with E-state index in [9.17, 15) is 0 Å². The van der Waals surface area contributed by atoms with E-state index < -0.39 is 0 Å². The van der Waals surface area contributed by atoms with Gasteiger partial charge in [-0.05, 0) is 42.8 Å². The molecule has 94 valence electrons. The summed E-state index contributed by atoms with van der Waals surface area (Å²) in [6, 6.07) is 11.5. The van der Waals surface area contributed by atoms with Crippen LogP contribution in [0.3, 0.4) is 0 Å². The van der Waals surface area contributed by atoms with E-state index in [0.717, 1.165) is 16.3 Å². The number of hydrogen-bond donors (Lipinski definition) is 1. The van der Waals surface area contributed by atoms with Crippen molar-refractivity contribution < 1.29 is 0 Å². The normalized spacial score (nSPS) is 12.4. The summed E-state index contributed by atoms with van der Waals surface area (Å²) in [6.45, 7) is 2.73. The van der Waals surface area contributed by atoms with Gasteiger partial charge in [0.1, 0.15) is 0 Å². The second kappa shape index (κ2) is 6.19. The van der Waals surface area contributed by atoms with Crippen molar-refractivity contribution in [2.45, 2.75) is 19.5 Å². The van der Waals surface area contributed by atoms with Gasteiger partial charge in [0.15, 0.2) is 0 Å². The van der Waals surface area contributed by atoms with Crippen LogP contribution >= 0.6 is 23.2 Å². The fourth-order valence-electron chi connectivity index (χ4n) is 1.68. The van der Waals surface area contributed by atoms with E-state index in [1.54, 1.807) is 12.3 Å². The molecule has 0 fully saturated rings. The van der Waals surface area contributed by atoms with Crippen LogP contribution in [-0.4, -0.2) is 4.98 Å². The first-order chi connectivity index (χ1) is 8.66. The first-order valence-corrected chi connectivity index (χ1v) is 6.50. The van der Waals surface area contributed by atoms with E-state index in [1.165, 1.54) is 0 Å². The lowest BCUT2D eigenvalue weighted by atomic mass is 10.2. The first-order valence-electron chi connectivity index (χ1n) is 5.75. The summed E-state index contributed by atoms with van der Waals surface area (Å²) >= 11 is 12.1.